The summed E-state index contributed by atoms with van der Waals surface area (Å²) in [6.45, 7) is 0.637. The van der Waals surface area contributed by atoms with Crippen molar-refractivity contribution in [2.24, 2.45) is 0 Å². The molecule has 1 aromatic rings. The second kappa shape index (κ2) is 3.27. The molecule has 2 unspecified atom stereocenters. The summed E-state index contributed by atoms with van der Waals surface area (Å²) in [6, 6.07) is 3.78. The third-order valence-electron chi connectivity index (χ3n) is 2.31. The fraction of sp³-hybridized carbons (Fsp3) is 0.556. The highest BCUT2D eigenvalue weighted by molar-refractivity contribution is 4.99. The Labute approximate surface area is 70.8 Å². The van der Waals surface area contributed by atoms with Crippen LogP contribution >= 0.6 is 0 Å². The van der Waals surface area contributed by atoms with Crippen LogP contribution in [-0.4, -0.2) is 12.2 Å². The highest BCUT2D eigenvalue weighted by Crippen LogP contribution is 2.23. The van der Waals surface area contributed by atoms with E-state index in [9.17, 15) is 4.39 Å². The van der Waals surface area contributed by atoms with Gasteiger partial charge in [0, 0.05) is 6.04 Å². The molecule has 2 nitrogen and oxygen atoms in total. The third-order valence-corrected chi connectivity index (χ3v) is 2.31. The minimum Gasteiger partial charge on any atom is -0.468 e. The van der Waals surface area contributed by atoms with E-state index in [0.717, 1.165) is 12.2 Å². The van der Waals surface area contributed by atoms with Crippen molar-refractivity contribution >= 4 is 0 Å². The zero-order valence-electron chi connectivity index (χ0n) is 6.79. The average molecular weight is 169 g/mol. The number of furan rings is 1. The zero-order chi connectivity index (χ0) is 8.39. The van der Waals surface area contributed by atoms with E-state index in [1.54, 1.807) is 6.26 Å². The highest BCUT2D eigenvalue weighted by atomic mass is 19.1. The Morgan fingerprint density at radius 1 is 1.58 bits per heavy atom. The smallest absolute Gasteiger partial charge is 0.117 e. The molecule has 1 N–H and O–H groups in total. The van der Waals surface area contributed by atoms with E-state index >= 15 is 0 Å². The van der Waals surface area contributed by atoms with Crippen molar-refractivity contribution < 1.29 is 8.81 Å². The SMILES string of the molecule is FC1CCC1NCc1ccco1. The minimum atomic E-state index is -0.653. The molecule has 1 heterocycles. The Bertz CT molecular complexity index is 235. The molecule has 1 aliphatic carbocycles. The second-order valence-corrected chi connectivity index (χ2v) is 3.16. The summed E-state index contributed by atoms with van der Waals surface area (Å²) in [5, 5.41) is 3.10. The van der Waals surface area contributed by atoms with Crippen molar-refractivity contribution in [1.29, 1.82) is 0 Å². The van der Waals surface area contributed by atoms with Gasteiger partial charge in [0.05, 0.1) is 12.8 Å². The summed E-state index contributed by atoms with van der Waals surface area (Å²) < 4.78 is 17.8. The maximum atomic E-state index is 12.7. The van der Waals surface area contributed by atoms with Gasteiger partial charge in [-0.2, -0.15) is 0 Å². The van der Waals surface area contributed by atoms with Gasteiger partial charge in [-0.3, -0.25) is 0 Å². The van der Waals surface area contributed by atoms with Crippen LogP contribution in [0.2, 0.25) is 0 Å². The van der Waals surface area contributed by atoms with Crippen molar-refractivity contribution in [2.75, 3.05) is 0 Å². The molecule has 0 spiro atoms. The predicted octanol–water partition coefficient (Wildman–Crippen LogP) is 1.87. The lowest BCUT2D eigenvalue weighted by atomic mass is 9.91. The van der Waals surface area contributed by atoms with E-state index in [1.165, 1.54) is 0 Å². The van der Waals surface area contributed by atoms with Gasteiger partial charge in [0.1, 0.15) is 11.9 Å². The summed E-state index contributed by atoms with van der Waals surface area (Å²) in [7, 11) is 0. The Balaban J connectivity index is 1.75. The Kier molecular flexibility index (Phi) is 2.13. The summed E-state index contributed by atoms with van der Waals surface area (Å²) in [5.41, 5.74) is 0. The van der Waals surface area contributed by atoms with Crippen molar-refractivity contribution in [3.05, 3.63) is 24.2 Å². The molecule has 0 radical (unpaired) electrons. The number of rotatable bonds is 3. The number of halogens is 1. The molecule has 1 saturated carbocycles. The molecule has 0 aliphatic heterocycles. The maximum Gasteiger partial charge on any atom is 0.117 e. The fourth-order valence-corrected chi connectivity index (χ4v) is 1.33. The summed E-state index contributed by atoms with van der Waals surface area (Å²) >= 11 is 0. The first-order chi connectivity index (χ1) is 5.86. The predicted molar refractivity (Wildman–Crippen MR) is 43.5 cm³/mol. The van der Waals surface area contributed by atoms with Gasteiger partial charge < -0.3 is 9.73 Å². The lowest BCUT2D eigenvalue weighted by Crippen LogP contribution is -2.44. The van der Waals surface area contributed by atoms with Gasteiger partial charge in [-0.05, 0) is 25.0 Å². The first-order valence-corrected chi connectivity index (χ1v) is 4.26. The van der Waals surface area contributed by atoms with E-state index < -0.39 is 6.17 Å². The van der Waals surface area contributed by atoms with Gasteiger partial charge in [-0.15, -0.1) is 0 Å². The zero-order valence-corrected chi connectivity index (χ0v) is 6.79. The average Bonchev–Trinajstić information content (AvgIpc) is 2.54. The summed E-state index contributed by atoms with van der Waals surface area (Å²) in [4.78, 5) is 0. The number of nitrogens with one attached hydrogen (secondary N) is 1. The van der Waals surface area contributed by atoms with Crippen LogP contribution in [0.5, 0.6) is 0 Å². The Morgan fingerprint density at radius 3 is 3.00 bits per heavy atom. The lowest BCUT2D eigenvalue weighted by molar-refractivity contribution is 0.139. The molecule has 12 heavy (non-hydrogen) atoms. The van der Waals surface area contributed by atoms with Crippen LogP contribution in [0.1, 0.15) is 18.6 Å². The molecule has 66 valence electrons. The third kappa shape index (κ3) is 1.50. The lowest BCUT2D eigenvalue weighted by Gasteiger charge is -2.30. The van der Waals surface area contributed by atoms with Crippen LogP contribution in [0.3, 0.4) is 0 Å². The molecule has 0 bridgehead atoms. The van der Waals surface area contributed by atoms with E-state index in [1.807, 2.05) is 12.1 Å². The number of hydrogen-bond donors (Lipinski definition) is 1. The highest BCUT2D eigenvalue weighted by Gasteiger charge is 2.29. The molecule has 0 saturated heterocycles. The molecule has 2 rings (SSSR count). The summed E-state index contributed by atoms with van der Waals surface area (Å²) in [5.74, 6) is 0.870. The normalized spacial score (nSPS) is 28.4. The maximum absolute atomic E-state index is 12.7. The minimum absolute atomic E-state index is 0.0510. The van der Waals surface area contributed by atoms with Crippen LogP contribution in [0.15, 0.2) is 22.8 Å². The van der Waals surface area contributed by atoms with E-state index in [-0.39, 0.29) is 6.04 Å². The molecular weight excluding hydrogens is 157 g/mol. The second-order valence-electron chi connectivity index (χ2n) is 3.16. The van der Waals surface area contributed by atoms with Crippen LogP contribution < -0.4 is 5.32 Å². The van der Waals surface area contributed by atoms with E-state index in [2.05, 4.69) is 5.32 Å². The standard InChI is InChI=1S/C9H12FNO/c10-8-3-4-9(8)11-6-7-2-1-5-12-7/h1-2,5,8-9,11H,3-4,6H2. The molecule has 0 amide bonds. The first kappa shape index (κ1) is 7.80. The van der Waals surface area contributed by atoms with Gasteiger partial charge in [0.15, 0.2) is 0 Å². The van der Waals surface area contributed by atoms with Gasteiger partial charge in [-0.25, -0.2) is 4.39 Å². The summed E-state index contributed by atoms with van der Waals surface area (Å²) in [6.07, 6.45) is 2.63. The molecule has 3 heteroatoms. The van der Waals surface area contributed by atoms with Crippen molar-refractivity contribution in [3.8, 4) is 0 Å². The monoisotopic (exact) mass is 169 g/mol. The van der Waals surface area contributed by atoms with Gasteiger partial charge in [0.2, 0.25) is 0 Å². The van der Waals surface area contributed by atoms with Gasteiger partial charge in [-0.1, -0.05) is 0 Å². The molecule has 0 aromatic carbocycles. The van der Waals surface area contributed by atoms with Gasteiger partial charge >= 0.3 is 0 Å². The molecular formula is C9H12FNO. The van der Waals surface area contributed by atoms with Crippen molar-refractivity contribution in [1.82, 2.24) is 5.32 Å². The van der Waals surface area contributed by atoms with Crippen molar-refractivity contribution in [3.63, 3.8) is 0 Å². The molecule has 1 aliphatic rings. The first-order valence-electron chi connectivity index (χ1n) is 4.26. The Morgan fingerprint density at radius 2 is 2.50 bits per heavy atom. The van der Waals surface area contributed by atoms with Crippen LogP contribution in [0, 0.1) is 0 Å². The number of alkyl halides is 1. The molecule has 1 aromatic heterocycles. The van der Waals surface area contributed by atoms with Crippen molar-refractivity contribution in [2.45, 2.75) is 31.6 Å². The molecule has 2 atom stereocenters. The van der Waals surface area contributed by atoms with E-state index in [4.69, 9.17) is 4.42 Å². The molecule has 1 fully saturated rings. The largest absolute Gasteiger partial charge is 0.468 e. The van der Waals surface area contributed by atoms with Gasteiger partial charge in [0.25, 0.3) is 0 Å². The van der Waals surface area contributed by atoms with E-state index in [0.29, 0.717) is 13.0 Å². The fourth-order valence-electron chi connectivity index (χ4n) is 1.33. The van der Waals surface area contributed by atoms with Crippen LogP contribution in [0.25, 0.3) is 0 Å². The number of hydrogen-bond acceptors (Lipinski definition) is 2. The topological polar surface area (TPSA) is 25.2 Å². The van der Waals surface area contributed by atoms with Crippen LogP contribution in [-0.2, 0) is 6.54 Å². The van der Waals surface area contributed by atoms with Crippen LogP contribution in [0.4, 0.5) is 4.39 Å². The quantitative estimate of drug-likeness (QED) is 0.747. The Hall–Kier alpha value is -0.830.